The van der Waals surface area contributed by atoms with Gasteiger partial charge in [0.2, 0.25) is 0 Å². The third kappa shape index (κ3) is 4.07. The highest BCUT2D eigenvalue weighted by atomic mass is 16.5. The van der Waals surface area contributed by atoms with Crippen molar-refractivity contribution in [1.29, 1.82) is 0 Å². The van der Waals surface area contributed by atoms with Crippen molar-refractivity contribution in [2.75, 3.05) is 13.2 Å². The molecule has 20 heavy (non-hydrogen) atoms. The van der Waals surface area contributed by atoms with Crippen LogP contribution in [0.3, 0.4) is 0 Å². The fourth-order valence-electron chi connectivity index (χ4n) is 3.50. The van der Waals surface area contributed by atoms with Crippen LogP contribution in [0.15, 0.2) is 12.1 Å². The standard InChI is InChI=1S/C18H28O2/c1-13-9-14(2)18(15(3)10-13)17(19)12-20-11-16-7-5-4-6-8-16/h9-10,16-17,19H,4-8,11-12H2,1-3H3. The van der Waals surface area contributed by atoms with Crippen molar-refractivity contribution in [3.8, 4) is 0 Å². The van der Waals surface area contributed by atoms with Gasteiger partial charge in [-0.05, 0) is 56.2 Å². The van der Waals surface area contributed by atoms with E-state index in [0.29, 0.717) is 12.5 Å². The van der Waals surface area contributed by atoms with Crippen molar-refractivity contribution >= 4 is 0 Å². The van der Waals surface area contributed by atoms with Crippen molar-refractivity contribution in [2.24, 2.45) is 5.92 Å². The molecule has 0 spiro atoms. The molecular formula is C18H28O2. The molecule has 0 saturated heterocycles. The number of rotatable bonds is 5. The lowest BCUT2D eigenvalue weighted by Gasteiger charge is -2.23. The molecule has 0 heterocycles. The second kappa shape index (κ2) is 7.24. The summed E-state index contributed by atoms with van der Waals surface area (Å²) in [6, 6.07) is 4.26. The third-order valence-electron chi connectivity index (χ3n) is 4.43. The molecule has 1 aliphatic rings. The van der Waals surface area contributed by atoms with Gasteiger partial charge in [-0.15, -0.1) is 0 Å². The summed E-state index contributed by atoms with van der Waals surface area (Å²) < 4.78 is 5.78. The Balaban J connectivity index is 1.86. The topological polar surface area (TPSA) is 29.5 Å². The van der Waals surface area contributed by atoms with E-state index < -0.39 is 6.10 Å². The van der Waals surface area contributed by atoms with Crippen LogP contribution >= 0.6 is 0 Å². The van der Waals surface area contributed by atoms with Crippen LogP contribution in [0.1, 0.15) is 60.5 Å². The maximum absolute atomic E-state index is 10.4. The molecule has 0 amide bonds. The molecule has 0 radical (unpaired) electrons. The first kappa shape index (κ1) is 15.5. The fourth-order valence-corrected chi connectivity index (χ4v) is 3.50. The predicted molar refractivity (Wildman–Crippen MR) is 83.0 cm³/mol. The summed E-state index contributed by atoms with van der Waals surface area (Å²) in [4.78, 5) is 0. The molecule has 2 rings (SSSR count). The molecule has 0 bridgehead atoms. The molecule has 0 aromatic heterocycles. The van der Waals surface area contributed by atoms with Gasteiger partial charge in [-0.1, -0.05) is 37.0 Å². The molecule has 1 aliphatic carbocycles. The maximum Gasteiger partial charge on any atom is 0.103 e. The lowest BCUT2D eigenvalue weighted by Crippen LogP contribution is -2.17. The van der Waals surface area contributed by atoms with E-state index in [1.807, 2.05) is 0 Å². The number of hydrogen-bond acceptors (Lipinski definition) is 2. The van der Waals surface area contributed by atoms with Gasteiger partial charge in [0.15, 0.2) is 0 Å². The molecule has 1 aromatic carbocycles. The highest BCUT2D eigenvalue weighted by Crippen LogP contribution is 2.26. The van der Waals surface area contributed by atoms with Gasteiger partial charge in [-0.2, -0.15) is 0 Å². The SMILES string of the molecule is Cc1cc(C)c(C(O)COCC2CCCCC2)c(C)c1. The molecule has 112 valence electrons. The van der Waals surface area contributed by atoms with Crippen LogP contribution in [0.2, 0.25) is 0 Å². The summed E-state index contributed by atoms with van der Waals surface area (Å²) >= 11 is 0. The second-order valence-electron chi connectivity index (χ2n) is 6.37. The van der Waals surface area contributed by atoms with Crippen LogP contribution in [0.5, 0.6) is 0 Å². The zero-order valence-corrected chi connectivity index (χ0v) is 13.1. The van der Waals surface area contributed by atoms with Crippen LogP contribution in [0.25, 0.3) is 0 Å². The number of hydrogen-bond donors (Lipinski definition) is 1. The predicted octanol–water partition coefficient (Wildman–Crippen LogP) is 4.24. The molecule has 1 aromatic rings. The molecule has 1 fully saturated rings. The Morgan fingerprint density at radius 1 is 1.10 bits per heavy atom. The van der Waals surface area contributed by atoms with Gasteiger partial charge in [-0.25, -0.2) is 0 Å². The summed E-state index contributed by atoms with van der Waals surface area (Å²) in [6.07, 6.45) is 6.14. The van der Waals surface area contributed by atoms with Crippen molar-refractivity contribution in [1.82, 2.24) is 0 Å². The number of aryl methyl sites for hydroxylation is 3. The minimum Gasteiger partial charge on any atom is -0.386 e. The maximum atomic E-state index is 10.4. The highest BCUT2D eigenvalue weighted by molar-refractivity contribution is 5.38. The normalized spacial score (nSPS) is 18.2. The lowest BCUT2D eigenvalue weighted by molar-refractivity contribution is 0.0141. The van der Waals surface area contributed by atoms with Gasteiger partial charge in [0.05, 0.1) is 6.61 Å². The monoisotopic (exact) mass is 276 g/mol. The Kier molecular flexibility index (Phi) is 5.62. The van der Waals surface area contributed by atoms with E-state index in [1.54, 1.807) is 0 Å². The van der Waals surface area contributed by atoms with E-state index in [4.69, 9.17) is 4.74 Å². The summed E-state index contributed by atoms with van der Waals surface area (Å²) in [5.74, 6) is 0.705. The molecule has 2 nitrogen and oxygen atoms in total. The number of aliphatic hydroxyl groups excluding tert-OH is 1. The Morgan fingerprint density at radius 3 is 2.30 bits per heavy atom. The molecule has 1 saturated carbocycles. The van der Waals surface area contributed by atoms with Gasteiger partial charge in [0.1, 0.15) is 6.10 Å². The third-order valence-corrected chi connectivity index (χ3v) is 4.43. The van der Waals surface area contributed by atoms with E-state index in [1.165, 1.54) is 37.7 Å². The number of aliphatic hydroxyl groups is 1. The van der Waals surface area contributed by atoms with Gasteiger partial charge in [-0.3, -0.25) is 0 Å². The Bertz CT molecular complexity index is 410. The van der Waals surface area contributed by atoms with Crippen molar-refractivity contribution in [2.45, 2.75) is 59.0 Å². The zero-order valence-electron chi connectivity index (χ0n) is 13.1. The smallest absolute Gasteiger partial charge is 0.103 e. The van der Waals surface area contributed by atoms with E-state index in [2.05, 4.69) is 32.9 Å². The van der Waals surface area contributed by atoms with E-state index >= 15 is 0 Å². The average molecular weight is 276 g/mol. The van der Waals surface area contributed by atoms with E-state index in [-0.39, 0.29) is 0 Å². The summed E-state index contributed by atoms with van der Waals surface area (Å²) in [5.41, 5.74) is 4.62. The van der Waals surface area contributed by atoms with Crippen molar-refractivity contribution < 1.29 is 9.84 Å². The average Bonchev–Trinajstić information content (AvgIpc) is 2.38. The minimum absolute atomic E-state index is 0.418. The molecule has 1 N–H and O–H groups in total. The Labute approximate surface area is 123 Å². The molecule has 0 aliphatic heterocycles. The van der Waals surface area contributed by atoms with Crippen LogP contribution in [0, 0.1) is 26.7 Å². The molecular weight excluding hydrogens is 248 g/mol. The fraction of sp³-hybridized carbons (Fsp3) is 0.667. The van der Waals surface area contributed by atoms with Crippen molar-refractivity contribution in [3.63, 3.8) is 0 Å². The Morgan fingerprint density at radius 2 is 1.70 bits per heavy atom. The van der Waals surface area contributed by atoms with Crippen LogP contribution in [-0.2, 0) is 4.74 Å². The molecule has 1 atom stereocenters. The highest BCUT2D eigenvalue weighted by Gasteiger charge is 2.17. The first-order chi connectivity index (χ1) is 9.58. The largest absolute Gasteiger partial charge is 0.386 e. The van der Waals surface area contributed by atoms with Crippen molar-refractivity contribution in [3.05, 3.63) is 34.4 Å². The molecule has 1 unspecified atom stereocenters. The quantitative estimate of drug-likeness (QED) is 0.871. The van der Waals surface area contributed by atoms with Crippen LogP contribution < -0.4 is 0 Å². The van der Waals surface area contributed by atoms with E-state index in [9.17, 15) is 5.11 Å². The summed E-state index contributed by atoms with van der Waals surface area (Å²) in [5, 5.41) is 10.4. The zero-order chi connectivity index (χ0) is 14.5. The minimum atomic E-state index is -0.501. The summed E-state index contributed by atoms with van der Waals surface area (Å²) in [6.45, 7) is 7.46. The van der Waals surface area contributed by atoms with E-state index in [0.717, 1.165) is 23.3 Å². The number of ether oxygens (including phenoxy) is 1. The van der Waals surface area contributed by atoms with Gasteiger partial charge in [0, 0.05) is 6.61 Å². The number of benzene rings is 1. The Hall–Kier alpha value is -0.860. The summed E-state index contributed by atoms with van der Waals surface area (Å²) in [7, 11) is 0. The van der Waals surface area contributed by atoms with Crippen LogP contribution in [0.4, 0.5) is 0 Å². The van der Waals surface area contributed by atoms with Gasteiger partial charge < -0.3 is 9.84 Å². The van der Waals surface area contributed by atoms with Gasteiger partial charge >= 0.3 is 0 Å². The second-order valence-corrected chi connectivity index (χ2v) is 6.37. The van der Waals surface area contributed by atoms with Gasteiger partial charge in [0.25, 0.3) is 0 Å². The van der Waals surface area contributed by atoms with Crippen LogP contribution in [-0.4, -0.2) is 18.3 Å². The molecule has 2 heteroatoms. The lowest BCUT2D eigenvalue weighted by atomic mass is 9.90. The first-order valence-corrected chi connectivity index (χ1v) is 7.91. The first-order valence-electron chi connectivity index (χ1n) is 7.91.